The van der Waals surface area contributed by atoms with E-state index in [4.69, 9.17) is 0 Å². The van der Waals surface area contributed by atoms with Crippen molar-refractivity contribution in [2.24, 2.45) is 0 Å². The molecular formula is C17H34OS. The second kappa shape index (κ2) is 12.1. The summed E-state index contributed by atoms with van der Waals surface area (Å²) in [5, 5.41) is 10.8. The van der Waals surface area contributed by atoms with Crippen molar-refractivity contribution in [1.82, 2.24) is 0 Å². The highest BCUT2D eigenvalue weighted by Crippen LogP contribution is 2.30. The molecule has 1 aliphatic rings. The Morgan fingerprint density at radius 1 is 0.947 bits per heavy atom. The van der Waals surface area contributed by atoms with Gasteiger partial charge in [0.25, 0.3) is 0 Å². The molecule has 114 valence electrons. The summed E-state index contributed by atoms with van der Waals surface area (Å²) < 4.78 is 0. The minimum Gasteiger partial charge on any atom is -0.392 e. The van der Waals surface area contributed by atoms with E-state index in [0.29, 0.717) is 0 Å². The number of thioether (sulfide) groups is 1. The van der Waals surface area contributed by atoms with Gasteiger partial charge >= 0.3 is 0 Å². The van der Waals surface area contributed by atoms with Gasteiger partial charge in [-0.25, -0.2) is 0 Å². The van der Waals surface area contributed by atoms with Crippen molar-refractivity contribution in [2.45, 2.75) is 102 Å². The van der Waals surface area contributed by atoms with Crippen LogP contribution in [-0.4, -0.2) is 22.2 Å². The molecule has 1 aliphatic carbocycles. The van der Waals surface area contributed by atoms with Gasteiger partial charge in [-0.3, -0.25) is 0 Å². The van der Waals surface area contributed by atoms with E-state index in [1.165, 1.54) is 77.0 Å². The lowest BCUT2D eigenvalue weighted by Crippen LogP contribution is -2.12. The number of hydrogen-bond donors (Lipinski definition) is 1. The van der Waals surface area contributed by atoms with E-state index in [9.17, 15) is 5.11 Å². The maximum atomic E-state index is 9.96. The summed E-state index contributed by atoms with van der Waals surface area (Å²) in [6.07, 6.45) is 17.4. The number of aliphatic hydroxyl groups is 1. The first-order chi connectivity index (χ1) is 9.33. The molecule has 0 spiro atoms. The second-order valence-corrected chi connectivity index (χ2v) is 7.49. The predicted molar refractivity (Wildman–Crippen MR) is 87.9 cm³/mol. The summed E-state index contributed by atoms with van der Waals surface area (Å²) in [5.41, 5.74) is 0. The van der Waals surface area contributed by atoms with Crippen molar-refractivity contribution in [3.8, 4) is 0 Å². The average Bonchev–Trinajstić information content (AvgIpc) is 2.93. The van der Waals surface area contributed by atoms with E-state index in [-0.39, 0.29) is 6.10 Å². The van der Waals surface area contributed by atoms with E-state index in [2.05, 4.69) is 6.92 Å². The first-order valence-electron chi connectivity index (χ1n) is 8.62. The molecule has 0 radical (unpaired) electrons. The summed E-state index contributed by atoms with van der Waals surface area (Å²) in [5.74, 6) is 0.973. The van der Waals surface area contributed by atoms with Crippen LogP contribution in [0.5, 0.6) is 0 Å². The highest BCUT2D eigenvalue weighted by molar-refractivity contribution is 7.99. The molecule has 1 unspecified atom stereocenters. The molecule has 0 aliphatic heterocycles. The monoisotopic (exact) mass is 286 g/mol. The highest BCUT2D eigenvalue weighted by atomic mass is 32.2. The van der Waals surface area contributed by atoms with E-state index in [1.54, 1.807) is 0 Å². The van der Waals surface area contributed by atoms with Gasteiger partial charge in [-0.2, -0.15) is 11.8 Å². The van der Waals surface area contributed by atoms with Crippen LogP contribution >= 0.6 is 11.8 Å². The quantitative estimate of drug-likeness (QED) is 0.474. The minimum absolute atomic E-state index is 0.0503. The van der Waals surface area contributed by atoms with Crippen LogP contribution in [0.1, 0.15) is 90.4 Å². The van der Waals surface area contributed by atoms with Gasteiger partial charge in [0.2, 0.25) is 0 Å². The van der Waals surface area contributed by atoms with Crippen molar-refractivity contribution < 1.29 is 5.11 Å². The number of unbranched alkanes of at least 4 members (excludes halogenated alkanes) is 7. The van der Waals surface area contributed by atoms with Crippen molar-refractivity contribution in [3.63, 3.8) is 0 Å². The summed E-state index contributed by atoms with van der Waals surface area (Å²) in [4.78, 5) is 0. The topological polar surface area (TPSA) is 20.2 Å². The molecule has 0 aromatic carbocycles. The van der Waals surface area contributed by atoms with Crippen LogP contribution in [0.4, 0.5) is 0 Å². The Balaban J connectivity index is 1.80. The van der Waals surface area contributed by atoms with E-state index in [1.807, 2.05) is 11.8 Å². The predicted octanol–water partition coefficient (Wildman–Crippen LogP) is 5.55. The largest absolute Gasteiger partial charge is 0.392 e. The van der Waals surface area contributed by atoms with Crippen molar-refractivity contribution >= 4 is 11.8 Å². The molecule has 1 rings (SSSR count). The van der Waals surface area contributed by atoms with Crippen LogP contribution < -0.4 is 0 Å². The molecular weight excluding hydrogens is 252 g/mol. The maximum Gasteiger partial charge on any atom is 0.0630 e. The molecule has 1 nitrogen and oxygen atoms in total. The van der Waals surface area contributed by atoms with E-state index in [0.717, 1.165) is 17.4 Å². The molecule has 19 heavy (non-hydrogen) atoms. The van der Waals surface area contributed by atoms with Crippen LogP contribution in [0.25, 0.3) is 0 Å². The molecule has 1 fully saturated rings. The Morgan fingerprint density at radius 2 is 1.53 bits per heavy atom. The zero-order valence-electron chi connectivity index (χ0n) is 12.9. The van der Waals surface area contributed by atoms with Crippen LogP contribution in [-0.2, 0) is 0 Å². The van der Waals surface area contributed by atoms with Gasteiger partial charge in [-0.05, 0) is 19.3 Å². The normalized spacial score (nSPS) is 18.0. The fraction of sp³-hybridized carbons (Fsp3) is 1.00. The molecule has 0 heterocycles. The fourth-order valence-corrected chi connectivity index (χ4v) is 4.23. The van der Waals surface area contributed by atoms with Crippen molar-refractivity contribution in [1.29, 1.82) is 0 Å². The Morgan fingerprint density at radius 3 is 2.16 bits per heavy atom. The first kappa shape index (κ1) is 17.4. The Kier molecular flexibility index (Phi) is 11.0. The molecule has 0 aromatic rings. The maximum absolute atomic E-state index is 9.96. The third-order valence-electron chi connectivity index (χ3n) is 4.22. The van der Waals surface area contributed by atoms with Crippen LogP contribution in [0, 0.1) is 0 Å². The summed E-state index contributed by atoms with van der Waals surface area (Å²) >= 11 is 2.02. The number of rotatable bonds is 12. The third kappa shape index (κ3) is 9.79. The molecule has 0 amide bonds. The fourth-order valence-electron chi connectivity index (χ4n) is 2.90. The summed E-state index contributed by atoms with van der Waals surface area (Å²) in [6, 6.07) is 0. The smallest absolute Gasteiger partial charge is 0.0630 e. The van der Waals surface area contributed by atoms with Crippen LogP contribution in [0.15, 0.2) is 0 Å². The van der Waals surface area contributed by atoms with Gasteiger partial charge in [0, 0.05) is 11.0 Å². The van der Waals surface area contributed by atoms with Gasteiger partial charge in [0.15, 0.2) is 0 Å². The van der Waals surface area contributed by atoms with E-state index >= 15 is 0 Å². The zero-order valence-corrected chi connectivity index (χ0v) is 13.7. The van der Waals surface area contributed by atoms with Crippen molar-refractivity contribution in [3.05, 3.63) is 0 Å². The molecule has 1 N–H and O–H groups in total. The standard InChI is InChI=1S/C17H34OS/c1-2-3-4-5-6-7-8-9-12-16(18)15-19-17-13-10-11-14-17/h16-18H,2-15H2,1H3. The number of aliphatic hydroxyl groups excluding tert-OH is 1. The SMILES string of the molecule is CCCCCCCCCCC(O)CSC1CCCC1. The Bertz CT molecular complexity index is 190. The van der Waals surface area contributed by atoms with Gasteiger partial charge in [0.05, 0.1) is 6.10 Å². The molecule has 1 atom stereocenters. The zero-order chi connectivity index (χ0) is 13.8. The summed E-state index contributed by atoms with van der Waals surface area (Å²) in [6.45, 7) is 2.27. The van der Waals surface area contributed by atoms with Crippen LogP contribution in [0.2, 0.25) is 0 Å². The molecule has 0 aromatic heterocycles. The highest BCUT2D eigenvalue weighted by Gasteiger charge is 2.16. The van der Waals surface area contributed by atoms with E-state index < -0.39 is 0 Å². The molecule has 1 saturated carbocycles. The van der Waals surface area contributed by atoms with Gasteiger partial charge < -0.3 is 5.11 Å². The lowest BCUT2D eigenvalue weighted by Gasteiger charge is -2.13. The molecule has 2 heteroatoms. The van der Waals surface area contributed by atoms with Gasteiger partial charge in [0.1, 0.15) is 0 Å². The third-order valence-corrected chi connectivity index (χ3v) is 5.74. The van der Waals surface area contributed by atoms with Crippen LogP contribution in [0.3, 0.4) is 0 Å². The molecule has 0 bridgehead atoms. The van der Waals surface area contributed by atoms with Gasteiger partial charge in [-0.1, -0.05) is 71.1 Å². The second-order valence-electron chi connectivity index (χ2n) is 6.16. The lowest BCUT2D eigenvalue weighted by atomic mass is 10.1. The number of hydrogen-bond acceptors (Lipinski definition) is 2. The first-order valence-corrected chi connectivity index (χ1v) is 9.67. The molecule has 0 saturated heterocycles. The Hall–Kier alpha value is 0.310. The lowest BCUT2D eigenvalue weighted by molar-refractivity contribution is 0.184. The minimum atomic E-state index is -0.0503. The summed E-state index contributed by atoms with van der Waals surface area (Å²) in [7, 11) is 0. The Labute approximate surface area is 124 Å². The van der Waals surface area contributed by atoms with Gasteiger partial charge in [-0.15, -0.1) is 0 Å². The average molecular weight is 287 g/mol. The van der Waals surface area contributed by atoms with Crippen molar-refractivity contribution in [2.75, 3.05) is 5.75 Å².